The lowest BCUT2D eigenvalue weighted by Gasteiger charge is -2.30. The molecule has 17 heavy (non-hydrogen) atoms. The highest BCUT2D eigenvalue weighted by Gasteiger charge is 2.30. The van der Waals surface area contributed by atoms with Crippen LogP contribution in [0, 0.1) is 0 Å². The summed E-state index contributed by atoms with van der Waals surface area (Å²) in [6.45, 7) is 7.62. The number of cyclic esters (lactones) is 1. The van der Waals surface area contributed by atoms with Crippen LogP contribution in [0.5, 0.6) is 0 Å². The van der Waals surface area contributed by atoms with Gasteiger partial charge in [0.2, 0.25) is 5.79 Å². The molecule has 0 aliphatic carbocycles. The molecular weight excluding hydrogens is 216 g/mol. The highest BCUT2D eigenvalue weighted by molar-refractivity contribution is 5.84. The van der Waals surface area contributed by atoms with Gasteiger partial charge in [0.25, 0.3) is 0 Å². The Balaban J connectivity index is 2.62. The van der Waals surface area contributed by atoms with Gasteiger partial charge in [-0.3, -0.25) is 0 Å². The van der Waals surface area contributed by atoms with Crippen molar-refractivity contribution in [2.24, 2.45) is 0 Å². The average Bonchev–Trinajstić information content (AvgIpc) is 2.21. The number of allylic oxidation sites excluding steroid dienone is 2. The Hall–Kier alpha value is -1.25. The van der Waals surface area contributed by atoms with Gasteiger partial charge in [-0.15, -0.1) is 0 Å². The van der Waals surface area contributed by atoms with Gasteiger partial charge in [0, 0.05) is 13.8 Å². The van der Waals surface area contributed by atoms with E-state index in [4.69, 9.17) is 9.47 Å². The Morgan fingerprint density at radius 1 is 1.35 bits per heavy atom. The van der Waals surface area contributed by atoms with E-state index in [1.165, 1.54) is 25.3 Å². The molecule has 0 bridgehead atoms. The molecule has 0 aromatic rings. The molecule has 0 fully saturated rings. The Kier molecular flexibility index (Phi) is 4.79. The maximum atomic E-state index is 11.4. The summed E-state index contributed by atoms with van der Waals surface area (Å²) >= 11 is 0. The molecule has 1 rings (SSSR count). The average molecular weight is 238 g/mol. The van der Waals surface area contributed by atoms with Crippen LogP contribution in [0.2, 0.25) is 0 Å². The monoisotopic (exact) mass is 238 g/mol. The van der Waals surface area contributed by atoms with E-state index in [-0.39, 0.29) is 5.97 Å². The van der Waals surface area contributed by atoms with Crippen LogP contribution in [0.15, 0.2) is 23.5 Å². The summed E-state index contributed by atoms with van der Waals surface area (Å²) in [5.74, 6) is -0.569. The third-order valence-electron chi connectivity index (χ3n) is 2.60. The quantitative estimate of drug-likeness (QED) is 0.541. The van der Waals surface area contributed by atoms with E-state index in [9.17, 15) is 4.79 Å². The van der Waals surface area contributed by atoms with Gasteiger partial charge < -0.3 is 9.47 Å². The minimum atomic E-state index is -0.861. The van der Waals surface area contributed by atoms with Crippen LogP contribution in [0.1, 0.15) is 53.4 Å². The standard InChI is InChI=1S/C14H22O3/c1-5-6-7-8-9-11(2)12-10-13(15)17-14(3,4)16-12/h9-10H,5-8H2,1-4H3. The Bertz CT molecular complexity index is 337. The minimum Gasteiger partial charge on any atom is -0.452 e. The van der Waals surface area contributed by atoms with Crippen molar-refractivity contribution in [3.05, 3.63) is 23.5 Å². The maximum absolute atomic E-state index is 11.4. The first kappa shape index (κ1) is 13.8. The third-order valence-corrected chi connectivity index (χ3v) is 2.60. The number of hydrogen-bond acceptors (Lipinski definition) is 3. The predicted octanol–water partition coefficient (Wildman–Crippen LogP) is 3.71. The molecule has 0 atom stereocenters. The van der Waals surface area contributed by atoms with E-state index >= 15 is 0 Å². The van der Waals surface area contributed by atoms with E-state index in [0.29, 0.717) is 5.76 Å². The zero-order chi connectivity index (χ0) is 12.9. The van der Waals surface area contributed by atoms with E-state index in [1.54, 1.807) is 13.8 Å². The van der Waals surface area contributed by atoms with Crippen LogP contribution in [0.3, 0.4) is 0 Å². The van der Waals surface area contributed by atoms with Gasteiger partial charge in [-0.1, -0.05) is 25.8 Å². The van der Waals surface area contributed by atoms with Gasteiger partial charge in [-0.2, -0.15) is 0 Å². The number of hydrogen-bond donors (Lipinski definition) is 0. The lowest BCUT2D eigenvalue weighted by molar-refractivity contribution is -0.203. The van der Waals surface area contributed by atoms with Crippen LogP contribution in [-0.2, 0) is 14.3 Å². The summed E-state index contributed by atoms with van der Waals surface area (Å²) in [5.41, 5.74) is 1.01. The van der Waals surface area contributed by atoms with Crippen molar-refractivity contribution in [1.29, 1.82) is 0 Å². The molecule has 0 radical (unpaired) electrons. The smallest absolute Gasteiger partial charge is 0.337 e. The number of rotatable bonds is 5. The number of unbranched alkanes of at least 4 members (excludes halogenated alkanes) is 3. The van der Waals surface area contributed by atoms with Crippen LogP contribution in [0.4, 0.5) is 0 Å². The van der Waals surface area contributed by atoms with Gasteiger partial charge in [0.05, 0.1) is 6.08 Å². The molecule has 3 heteroatoms. The molecule has 0 N–H and O–H groups in total. The zero-order valence-electron chi connectivity index (χ0n) is 11.2. The normalized spacial score (nSPS) is 19.4. The molecule has 1 aliphatic heterocycles. The van der Waals surface area contributed by atoms with Gasteiger partial charge in [-0.25, -0.2) is 4.79 Å². The molecule has 0 saturated heterocycles. The summed E-state index contributed by atoms with van der Waals surface area (Å²) in [6.07, 6.45) is 8.18. The van der Waals surface area contributed by atoms with Gasteiger partial charge in [0.1, 0.15) is 5.76 Å². The summed E-state index contributed by atoms with van der Waals surface area (Å²) in [7, 11) is 0. The van der Waals surface area contributed by atoms with Crippen LogP contribution in [0.25, 0.3) is 0 Å². The first-order valence-electron chi connectivity index (χ1n) is 6.25. The van der Waals surface area contributed by atoms with Crippen molar-refractivity contribution in [2.45, 2.75) is 59.2 Å². The first-order chi connectivity index (χ1) is 7.94. The molecule has 0 amide bonds. The summed E-state index contributed by atoms with van der Waals surface area (Å²) < 4.78 is 10.6. The molecular formula is C14H22O3. The van der Waals surface area contributed by atoms with Gasteiger partial charge in [0.15, 0.2) is 0 Å². The fourth-order valence-electron chi connectivity index (χ4n) is 1.70. The summed E-state index contributed by atoms with van der Waals surface area (Å²) in [5, 5.41) is 0. The van der Waals surface area contributed by atoms with Crippen molar-refractivity contribution in [1.82, 2.24) is 0 Å². The van der Waals surface area contributed by atoms with E-state index < -0.39 is 5.79 Å². The highest BCUT2D eigenvalue weighted by atomic mass is 16.7. The fourth-order valence-corrected chi connectivity index (χ4v) is 1.70. The van der Waals surface area contributed by atoms with Crippen molar-refractivity contribution in [3.63, 3.8) is 0 Å². The molecule has 0 saturated carbocycles. The molecule has 1 heterocycles. The van der Waals surface area contributed by atoms with Crippen LogP contribution >= 0.6 is 0 Å². The van der Waals surface area contributed by atoms with Crippen molar-refractivity contribution >= 4 is 5.97 Å². The van der Waals surface area contributed by atoms with E-state index in [1.807, 2.05) is 6.92 Å². The number of esters is 1. The molecule has 0 unspecified atom stereocenters. The maximum Gasteiger partial charge on any atom is 0.337 e. The largest absolute Gasteiger partial charge is 0.452 e. The third kappa shape index (κ3) is 4.63. The van der Waals surface area contributed by atoms with Crippen molar-refractivity contribution < 1.29 is 14.3 Å². The summed E-state index contributed by atoms with van der Waals surface area (Å²) in [6, 6.07) is 0. The lowest BCUT2D eigenvalue weighted by Crippen LogP contribution is -2.34. The van der Waals surface area contributed by atoms with Gasteiger partial charge >= 0.3 is 5.97 Å². The molecule has 0 spiro atoms. The fraction of sp³-hybridized carbons (Fsp3) is 0.643. The van der Waals surface area contributed by atoms with Gasteiger partial charge in [-0.05, 0) is 25.3 Å². The predicted molar refractivity (Wildman–Crippen MR) is 67.2 cm³/mol. The minimum absolute atomic E-state index is 0.336. The number of ether oxygens (including phenoxy) is 2. The molecule has 3 nitrogen and oxygen atoms in total. The number of carbonyl (C=O) groups excluding carboxylic acids is 1. The highest BCUT2D eigenvalue weighted by Crippen LogP contribution is 2.26. The first-order valence-corrected chi connectivity index (χ1v) is 6.25. The second-order valence-corrected chi connectivity index (χ2v) is 4.81. The van der Waals surface area contributed by atoms with E-state index in [2.05, 4.69) is 13.0 Å². The van der Waals surface area contributed by atoms with Crippen LogP contribution < -0.4 is 0 Å². The van der Waals surface area contributed by atoms with Crippen molar-refractivity contribution in [3.8, 4) is 0 Å². The summed E-state index contributed by atoms with van der Waals surface area (Å²) in [4.78, 5) is 11.4. The molecule has 96 valence electrons. The second kappa shape index (κ2) is 5.89. The lowest BCUT2D eigenvalue weighted by atomic mass is 10.1. The second-order valence-electron chi connectivity index (χ2n) is 4.81. The van der Waals surface area contributed by atoms with E-state index in [0.717, 1.165) is 12.0 Å². The Morgan fingerprint density at radius 3 is 2.65 bits per heavy atom. The molecule has 1 aliphatic rings. The Morgan fingerprint density at radius 2 is 2.06 bits per heavy atom. The zero-order valence-corrected chi connectivity index (χ0v) is 11.2. The molecule has 0 aromatic heterocycles. The number of carbonyl (C=O) groups is 1. The molecule has 0 aromatic carbocycles. The van der Waals surface area contributed by atoms with Crippen molar-refractivity contribution in [2.75, 3.05) is 0 Å². The topological polar surface area (TPSA) is 35.5 Å². The SMILES string of the molecule is CCCCCC=C(C)C1=CC(=O)OC(C)(C)O1. The van der Waals surface area contributed by atoms with Crippen LogP contribution in [-0.4, -0.2) is 11.8 Å². The Labute approximate surface area is 103 Å².